The van der Waals surface area contributed by atoms with Gasteiger partial charge in [0.15, 0.2) is 6.29 Å². The zero-order chi connectivity index (χ0) is 13.5. The number of carbonyl (C=O) groups is 1. The SMILES string of the molecule is CCC1C(OC)CC(OC)OC1COCC(=O)O. The quantitative estimate of drug-likeness (QED) is 0.734. The lowest BCUT2D eigenvalue weighted by atomic mass is 9.88. The molecule has 0 radical (unpaired) electrons. The second-order valence-corrected chi connectivity index (χ2v) is 4.33. The molecule has 0 saturated carbocycles. The molecule has 0 bridgehead atoms. The Balaban J connectivity index is 2.56. The fourth-order valence-corrected chi connectivity index (χ4v) is 2.33. The Hall–Kier alpha value is -0.690. The maximum atomic E-state index is 10.4. The van der Waals surface area contributed by atoms with Crippen LogP contribution in [0.5, 0.6) is 0 Å². The molecule has 0 aromatic carbocycles. The summed E-state index contributed by atoms with van der Waals surface area (Å²) in [6.07, 6.45) is 1.10. The van der Waals surface area contributed by atoms with Gasteiger partial charge in [0, 0.05) is 26.6 Å². The Kier molecular flexibility index (Phi) is 6.56. The third-order valence-electron chi connectivity index (χ3n) is 3.25. The summed E-state index contributed by atoms with van der Waals surface area (Å²) >= 11 is 0. The van der Waals surface area contributed by atoms with E-state index >= 15 is 0 Å². The Bertz CT molecular complexity index is 257. The molecule has 106 valence electrons. The van der Waals surface area contributed by atoms with Crippen LogP contribution in [0, 0.1) is 5.92 Å². The Morgan fingerprint density at radius 3 is 2.61 bits per heavy atom. The first-order chi connectivity index (χ1) is 8.62. The van der Waals surface area contributed by atoms with Crippen LogP contribution in [-0.4, -0.2) is 57.0 Å². The van der Waals surface area contributed by atoms with Gasteiger partial charge in [0.25, 0.3) is 0 Å². The molecule has 1 saturated heterocycles. The molecule has 0 aliphatic carbocycles. The van der Waals surface area contributed by atoms with Gasteiger partial charge in [-0.15, -0.1) is 0 Å². The van der Waals surface area contributed by atoms with Crippen LogP contribution in [0.3, 0.4) is 0 Å². The highest BCUT2D eigenvalue weighted by Gasteiger charge is 2.38. The van der Waals surface area contributed by atoms with Gasteiger partial charge in [-0.25, -0.2) is 4.79 Å². The average molecular weight is 262 g/mol. The smallest absolute Gasteiger partial charge is 0.329 e. The lowest BCUT2D eigenvalue weighted by Gasteiger charge is -2.40. The van der Waals surface area contributed by atoms with E-state index in [1.54, 1.807) is 14.2 Å². The monoisotopic (exact) mass is 262 g/mol. The largest absolute Gasteiger partial charge is 0.480 e. The molecule has 1 fully saturated rings. The van der Waals surface area contributed by atoms with Gasteiger partial charge in [-0.05, 0) is 6.42 Å². The minimum atomic E-state index is -0.981. The highest BCUT2D eigenvalue weighted by molar-refractivity contribution is 5.67. The van der Waals surface area contributed by atoms with Crippen LogP contribution >= 0.6 is 0 Å². The molecule has 4 atom stereocenters. The van der Waals surface area contributed by atoms with Crippen LogP contribution in [0.1, 0.15) is 19.8 Å². The standard InChI is InChI=1S/C12H22O6/c1-4-8-9(15-2)5-12(16-3)18-10(8)6-17-7-11(13)14/h8-10,12H,4-7H2,1-3H3,(H,13,14). The van der Waals surface area contributed by atoms with E-state index in [1.807, 2.05) is 0 Å². The normalized spacial score (nSPS) is 32.4. The van der Waals surface area contributed by atoms with Gasteiger partial charge in [0.05, 0.1) is 18.8 Å². The molecule has 1 aliphatic rings. The summed E-state index contributed by atoms with van der Waals surface area (Å²) in [5.74, 6) is -0.791. The summed E-state index contributed by atoms with van der Waals surface area (Å²) in [6.45, 7) is 1.98. The van der Waals surface area contributed by atoms with Gasteiger partial charge in [-0.3, -0.25) is 0 Å². The van der Waals surface area contributed by atoms with Gasteiger partial charge in [-0.1, -0.05) is 6.92 Å². The van der Waals surface area contributed by atoms with E-state index < -0.39 is 5.97 Å². The van der Waals surface area contributed by atoms with Crippen molar-refractivity contribution in [1.29, 1.82) is 0 Å². The first kappa shape index (κ1) is 15.4. The number of hydrogen-bond donors (Lipinski definition) is 1. The number of hydrogen-bond acceptors (Lipinski definition) is 5. The highest BCUT2D eigenvalue weighted by Crippen LogP contribution is 2.30. The summed E-state index contributed by atoms with van der Waals surface area (Å²) in [5, 5.41) is 8.55. The third kappa shape index (κ3) is 4.20. The van der Waals surface area contributed by atoms with Gasteiger partial charge in [-0.2, -0.15) is 0 Å². The van der Waals surface area contributed by atoms with Crippen LogP contribution < -0.4 is 0 Å². The highest BCUT2D eigenvalue weighted by atomic mass is 16.7. The molecule has 1 rings (SSSR count). The van der Waals surface area contributed by atoms with Crippen molar-refractivity contribution in [1.82, 2.24) is 0 Å². The van der Waals surface area contributed by atoms with Crippen molar-refractivity contribution in [3.8, 4) is 0 Å². The maximum absolute atomic E-state index is 10.4. The van der Waals surface area contributed by atoms with Gasteiger partial charge < -0.3 is 24.1 Å². The molecule has 18 heavy (non-hydrogen) atoms. The molecule has 0 aromatic rings. The molecule has 4 unspecified atom stereocenters. The second kappa shape index (κ2) is 7.68. The van der Waals surface area contributed by atoms with E-state index in [-0.39, 0.29) is 37.6 Å². The van der Waals surface area contributed by atoms with E-state index in [2.05, 4.69) is 6.92 Å². The summed E-state index contributed by atoms with van der Waals surface area (Å²) in [7, 11) is 3.25. The number of rotatable bonds is 7. The minimum absolute atomic E-state index is 0.0483. The third-order valence-corrected chi connectivity index (χ3v) is 3.25. The number of carboxylic acid groups (broad SMARTS) is 1. The molecular formula is C12H22O6. The molecule has 6 nitrogen and oxygen atoms in total. The van der Waals surface area contributed by atoms with E-state index in [9.17, 15) is 4.79 Å². The molecule has 0 amide bonds. The van der Waals surface area contributed by atoms with Crippen LogP contribution in [0.25, 0.3) is 0 Å². The first-order valence-electron chi connectivity index (χ1n) is 6.12. The van der Waals surface area contributed by atoms with Crippen LogP contribution in [0.15, 0.2) is 0 Å². The zero-order valence-corrected chi connectivity index (χ0v) is 11.1. The number of aliphatic carboxylic acids is 1. The molecular weight excluding hydrogens is 240 g/mol. The molecule has 0 spiro atoms. The van der Waals surface area contributed by atoms with Crippen molar-refractivity contribution in [3.63, 3.8) is 0 Å². The average Bonchev–Trinajstić information content (AvgIpc) is 2.37. The predicted molar refractivity (Wildman–Crippen MR) is 63.3 cm³/mol. The molecule has 1 aliphatic heterocycles. The molecule has 1 heterocycles. The van der Waals surface area contributed by atoms with E-state index in [0.717, 1.165) is 6.42 Å². The maximum Gasteiger partial charge on any atom is 0.329 e. The predicted octanol–water partition coefficient (Wildman–Crippen LogP) is 0.890. The summed E-state index contributed by atoms with van der Waals surface area (Å²) < 4.78 is 21.5. The van der Waals surface area contributed by atoms with Crippen molar-refractivity contribution >= 4 is 5.97 Å². The first-order valence-corrected chi connectivity index (χ1v) is 6.12. The molecule has 0 aromatic heterocycles. The van der Waals surface area contributed by atoms with E-state index in [1.165, 1.54) is 0 Å². The Morgan fingerprint density at radius 1 is 1.39 bits per heavy atom. The van der Waals surface area contributed by atoms with E-state index in [0.29, 0.717) is 6.42 Å². The number of ether oxygens (including phenoxy) is 4. The van der Waals surface area contributed by atoms with Crippen molar-refractivity contribution in [2.75, 3.05) is 27.4 Å². The fourth-order valence-electron chi connectivity index (χ4n) is 2.33. The van der Waals surface area contributed by atoms with Gasteiger partial charge >= 0.3 is 5.97 Å². The van der Waals surface area contributed by atoms with E-state index in [4.69, 9.17) is 24.1 Å². The van der Waals surface area contributed by atoms with Crippen molar-refractivity contribution in [3.05, 3.63) is 0 Å². The summed E-state index contributed by atoms with van der Waals surface area (Å²) in [5.41, 5.74) is 0. The van der Waals surface area contributed by atoms with Crippen molar-refractivity contribution < 1.29 is 28.8 Å². The summed E-state index contributed by atoms with van der Waals surface area (Å²) in [6, 6.07) is 0. The Morgan fingerprint density at radius 2 is 2.11 bits per heavy atom. The zero-order valence-electron chi connectivity index (χ0n) is 11.1. The number of carboxylic acids is 1. The van der Waals surface area contributed by atoms with Crippen molar-refractivity contribution in [2.24, 2.45) is 5.92 Å². The van der Waals surface area contributed by atoms with Crippen molar-refractivity contribution in [2.45, 2.75) is 38.3 Å². The second-order valence-electron chi connectivity index (χ2n) is 4.33. The Labute approximate surface area is 107 Å². The lowest BCUT2D eigenvalue weighted by Crippen LogP contribution is -2.47. The van der Waals surface area contributed by atoms with Gasteiger partial charge in [0.1, 0.15) is 6.61 Å². The topological polar surface area (TPSA) is 74.2 Å². The van der Waals surface area contributed by atoms with Gasteiger partial charge in [0.2, 0.25) is 0 Å². The minimum Gasteiger partial charge on any atom is -0.480 e. The lowest BCUT2D eigenvalue weighted by molar-refractivity contribution is -0.241. The van der Waals surface area contributed by atoms with Crippen LogP contribution in [-0.2, 0) is 23.7 Å². The fraction of sp³-hybridized carbons (Fsp3) is 0.917. The summed E-state index contributed by atoms with van der Waals surface area (Å²) in [4.78, 5) is 10.4. The van der Waals surface area contributed by atoms with Crippen LogP contribution in [0.2, 0.25) is 0 Å². The molecule has 6 heteroatoms. The number of methoxy groups -OCH3 is 2. The van der Waals surface area contributed by atoms with Crippen LogP contribution in [0.4, 0.5) is 0 Å². The molecule has 1 N–H and O–H groups in total.